The van der Waals surface area contributed by atoms with E-state index >= 15 is 0 Å². The number of carbonyl (C=O) groups is 1. The first-order chi connectivity index (χ1) is 10.9. The van der Waals surface area contributed by atoms with Crippen molar-refractivity contribution in [3.8, 4) is 0 Å². The minimum absolute atomic E-state index is 0.0420. The van der Waals surface area contributed by atoms with Crippen molar-refractivity contribution in [1.29, 1.82) is 0 Å². The summed E-state index contributed by atoms with van der Waals surface area (Å²) in [5.41, 5.74) is 1.93. The largest absolute Gasteiger partial charge is 0.350 e. The first-order valence-electron chi connectivity index (χ1n) is 7.12. The molecule has 0 saturated carbocycles. The Balaban J connectivity index is 2.10. The molecule has 0 aliphatic heterocycles. The van der Waals surface area contributed by atoms with Crippen LogP contribution in [0.2, 0.25) is 0 Å². The van der Waals surface area contributed by atoms with Crippen molar-refractivity contribution >= 4 is 22.9 Å². The number of nitrogens with one attached hydrogen (secondary N) is 1. The first kappa shape index (κ1) is 17.1. The number of amides is 1. The standard InChI is InChI=1S/C16H19N3O3S/c1-11-4-5-12(8-14(11)19(21)22)16(20)17-9-15(18(2)3)13-6-7-23-10-13/h4-8,10,15H,9H2,1-3H3,(H,17,20)/t15-/m0/s1. The van der Waals surface area contributed by atoms with Crippen molar-refractivity contribution in [2.75, 3.05) is 20.6 Å². The van der Waals surface area contributed by atoms with E-state index in [2.05, 4.69) is 5.32 Å². The van der Waals surface area contributed by atoms with Crippen LogP contribution in [-0.2, 0) is 0 Å². The fraction of sp³-hybridized carbons (Fsp3) is 0.312. The summed E-state index contributed by atoms with van der Waals surface area (Å²) in [6.07, 6.45) is 0. The first-order valence-corrected chi connectivity index (χ1v) is 8.06. The molecule has 6 nitrogen and oxygen atoms in total. The third-order valence-electron chi connectivity index (χ3n) is 3.68. The second-order valence-electron chi connectivity index (χ2n) is 5.50. The van der Waals surface area contributed by atoms with Crippen LogP contribution in [0.1, 0.15) is 27.5 Å². The molecule has 0 radical (unpaired) electrons. The van der Waals surface area contributed by atoms with Crippen LogP contribution in [0.4, 0.5) is 5.69 Å². The fourth-order valence-corrected chi connectivity index (χ4v) is 3.01. The normalized spacial score (nSPS) is 12.2. The highest BCUT2D eigenvalue weighted by Gasteiger charge is 2.18. The van der Waals surface area contributed by atoms with Crippen LogP contribution in [0.5, 0.6) is 0 Å². The van der Waals surface area contributed by atoms with Crippen molar-refractivity contribution in [3.05, 3.63) is 61.8 Å². The number of rotatable bonds is 6. The zero-order chi connectivity index (χ0) is 17.0. The molecular formula is C16H19N3O3S. The SMILES string of the molecule is Cc1ccc(C(=O)NC[C@@H](c2ccsc2)N(C)C)cc1[N+](=O)[O-]. The second-order valence-corrected chi connectivity index (χ2v) is 6.28. The van der Waals surface area contributed by atoms with Gasteiger partial charge in [0.25, 0.3) is 11.6 Å². The average molecular weight is 333 g/mol. The molecule has 0 aliphatic rings. The number of likely N-dealkylation sites (N-methyl/N-ethyl adjacent to an activating group) is 1. The van der Waals surface area contributed by atoms with Crippen LogP contribution in [0.15, 0.2) is 35.0 Å². The minimum Gasteiger partial charge on any atom is -0.350 e. The number of thiophene rings is 1. The molecule has 0 aliphatic carbocycles. The smallest absolute Gasteiger partial charge is 0.273 e. The molecule has 0 unspecified atom stereocenters. The number of nitro benzene ring substituents is 1. The molecule has 1 aromatic heterocycles. The molecule has 2 rings (SSSR count). The summed E-state index contributed by atoms with van der Waals surface area (Å²) in [4.78, 5) is 24.8. The van der Waals surface area contributed by atoms with Crippen molar-refractivity contribution in [2.24, 2.45) is 0 Å². The molecular weight excluding hydrogens is 314 g/mol. The lowest BCUT2D eigenvalue weighted by Crippen LogP contribution is -2.34. The molecule has 1 heterocycles. The van der Waals surface area contributed by atoms with E-state index in [1.54, 1.807) is 30.4 Å². The summed E-state index contributed by atoms with van der Waals surface area (Å²) in [5.74, 6) is -0.310. The van der Waals surface area contributed by atoms with Gasteiger partial charge in [-0.05, 0) is 49.5 Å². The van der Waals surface area contributed by atoms with Gasteiger partial charge in [0.1, 0.15) is 0 Å². The number of hydrogen-bond donors (Lipinski definition) is 1. The summed E-state index contributed by atoms with van der Waals surface area (Å²) in [7, 11) is 3.90. The lowest BCUT2D eigenvalue weighted by atomic mass is 10.1. The summed E-state index contributed by atoms with van der Waals surface area (Å²) in [6.45, 7) is 2.09. The molecule has 0 bridgehead atoms. The van der Waals surface area contributed by atoms with Gasteiger partial charge in [0, 0.05) is 23.7 Å². The Kier molecular flexibility index (Phi) is 5.46. The second kappa shape index (κ2) is 7.34. The molecule has 1 amide bonds. The molecule has 0 saturated heterocycles. The maximum absolute atomic E-state index is 12.3. The van der Waals surface area contributed by atoms with E-state index in [0.717, 1.165) is 5.56 Å². The third kappa shape index (κ3) is 4.14. The van der Waals surface area contributed by atoms with E-state index in [9.17, 15) is 14.9 Å². The van der Waals surface area contributed by atoms with E-state index in [0.29, 0.717) is 17.7 Å². The number of carbonyl (C=O) groups excluding carboxylic acids is 1. The Labute approximate surface area is 138 Å². The van der Waals surface area contributed by atoms with Gasteiger partial charge in [0.05, 0.1) is 11.0 Å². The summed E-state index contributed by atoms with van der Waals surface area (Å²) in [5, 5.41) is 17.9. The maximum atomic E-state index is 12.3. The zero-order valence-corrected chi connectivity index (χ0v) is 14.1. The minimum atomic E-state index is -0.472. The molecule has 7 heteroatoms. The van der Waals surface area contributed by atoms with Gasteiger partial charge in [0.15, 0.2) is 0 Å². The van der Waals surface area contributed by atoms with Crippen LogP contribution >= 0.6 is 11.3 Å². The topological polar surface area (TPSA) is 75.5 Å². The van der Waals surface area contributed by atoms with E-state index in [1.807, 2.05) is 35.8 Å². The number of nitro groups is 1. The van der Waals surface area contributed by atoms with Gasteiger partial charge in [-0.25, -0.2) is 0 Å². The monoisotopic (exact) mass is 333 g/mol. The molecule has 23 heavy (non-hydrogen) atoms. The highest BCUT2D eigenvalue weighted by molar-refractivity contribution is 7.07. The van der Waals surface area contributed by atoms with Gasteiger partial charge in [0.2, 0.25) is 0 Å². The maximum Gasteiger partial charge on any atom is 0.273 e. The predicted molar refractivity (Wildman–Crippen MR) is 90.9 cm³/mol. The van der Waals surface area contributed by atoms with Crippen molar-refractivity contribution in [1.82, 2.24) is 10.2 Å². The fourth-order valence-electron chi connectivity index (χ4n) is 2.30. The summed E-state index contributed by atoms with van der Waals surface area (Å²) in [6, 6.07) is 6.60. The highest BCUT2D eigenvalue weighted by Crippen LogP contribution is 2.21. The number of hydrogen-bond acceptors (Lipinski definition) is 5. The third-order valence-corrected chi connectivity index (χ3v) is 4.38. The average Bonchev–Trinajstić information content (AvgIpc) is 3.01. The Morgan fingerprint density at radius 1 is 1.39 bits per heavy atom. The van der Waals surface area contributed by atoms with E-state index in [-0.39, 0.29) is 17.6 Å². The van der Waals surface area contributed by atoms with Gasteiger partial charge >= 0.3 is 0 Å². The van der Waals surface area contributed by atoms with E-state index in [1.165, 1.54) is 6.07 Å². The van der Waals surface area contributed by atoms with Crippen molar-refractivity contribution in [3.63, 3.8) is 0 Å². The van der Waals surface area contributed by atoms with Crippen molar-refractivity contribution in [2.45, 2.75) is 13.0 Å². The lowest BCUT2D eigenvalue weighted by molar-refractivity contribution is -0.385. The molecule has 2 aromatic rings. The predicted octanol–water partition coefficient (Wildman–Crippen LogP) is 3.00. The molecule has 1 N–H and O–H groups in total. The quantitative estimate of drug-likeness (QED) is 0.651. The molecule has 0 fully saturated rings. The van der Waals surface area contributed by atoms with Gasteiger partial charge < -0.3 is 10.2 Å². The van der Waals surface area contributed by atoms with E-state index in [4.69, 9.17) is 0 Å². The summed E-state index contributed by atoms with van der Waals surface area (Å²) < 4.78 is 0. The lowest BCUT2D eigenvalue weighted by Gasteiger charge is -2.24. The van der Waals surface area contributed by atoms with Gasteiger partial charge in [-0.2, -0.15) is 11.3 Å². The number of aryl methyl sites for hydroxylation is 1. The molecule has 0 spiro atoms. The summed E-state index contributed by atoms with van der Waals surface area (Å²) >= 11 is 1.61. The highest BCUT2D eigenvalue weighted by atomic mass is 32.1. The molecule has 1 atom stereocenters. The zero-order valence-electron chi connectivity index (χ0n) is 13.3. The number of nitrogens with zero attached hydrogens (tertiary/aromatic N) is 2. The van der Waals surface area contributed by atoms with Crippen molar-refractivity contribution < 1.29 is 9.72 Å². The van der Waals surface area contributed by atoms with Gasteiger partial charge in [-0.15, -0.1) is 0 Å². The molecule has 122 valence electrons. The van der Waals surface area contributed by atoms with Crippen LogP contribution in [0, 0.1) is 17.0 Å². The Morgan fingerprint density at radius 2 is 2.13 bits per heavy atom. The number of benzene rings is 1. The Hall–Kier alpha value is -2.25. The Bertz CT molecular complexity index is 699. The van der Waals surface area contributed by atoms with Gasteiger partial charge in [-0.1, -0.05) is 6.07 Å². The van der Waals surface area contributed by atoms with Gasteiger partial charge in [-0.3, -0.25) is 14.9 Å². The van der Waals surface area contributed by atoms with Crippen LogP contribution in [-0.4, -0.2) is 36.4 Å². The Morgan fingerprint density at radius 3 is 2.70 bits per heavy atom. The molecule has 1 aromatic carbocycles. The van der Waals surface area contributed by atoms with Crippen LogP contribution < -0.4 is 5.32 Å². The van der Waals surface area contributed by atoms with E-state index < -0.39 is 4.92 Å². The van der Waals surface area contributed by atoms with Crippen LogP contribution in [0.3, 0.4) is 0 Å². The van der Waals surface area contributed by atoms with Crippen LogP contribution in [0.25, 0.3) is 0 Å².